The van der Waals surface area contributed by atoms with E-state index in [4.69, 9.17) is 12.2 Å². The molecule has 0 aliphatic carbocycles. The molecule has 0 aliphatic heterocycles. The van der Waals surface area contributed by atoms with E-state index in [0.29, 0.717) is 0 Å². The molecule has 150 valence electrons. The molecule has 0 bridgehead atoms. The number of carbonyl (C=O) groups excluding carboxylic acids is 1. The van der Waals surface area contributed by atoms with Gasteiger partial charge in [-0.05, 0) is 24.1 Å². The van der Waals surface area contributed by atoms with Crippen LogP contribution < -0.4 is 18.3 Å². The molecule has 15 heteroatoms. The lowest BCUT2D eigenvalue weighted by Gasteiger charge is -2.17. The first-order valence-electron chi connectivity index (χ1n) is 6.99. The lowest BCUT2D eigenvalue weighted by atomic mass is 10.0. The second-order valence-electron chi connectivity index (χ2n) is 5.51. The topological polar surface area (TPSA) is 162 Å². The Hall–Kier alpha value is -1.84. The van der Waals surface area contributed by atoms with E-state index in [2.05, 4.69) is 8.91 Å². The maximum absolute atomic E-state index is 11.8. The first-order chi connectivity index (χ1) is 12.1. The average Bonchev–Trinajstić information content (AvgIpc) is 2.44. The molecular weight excluding hydrogens is 423 g/mol. The number of benzene rings is 1. The van der Waals surface area contributed by atoms with Crippen molar-refractivity contribution in [3.8, 4) is 11.5 Å². The van der Waals surface area contributed by atoms with Gasteiger partial charge in [-0.15, -0.1) is 0 Å². The zero-order valence-corrected chi connectivity index (χ0v) is 16.9. The summed E-state index contributed by atoms with van der Waals surface area (Å²) in [5.41, 5.74) is 0.235. The second-order valence-corrected chi connectivity index (χ2v) is 10.4. The minimum absolute atomic E-state index is 0.235. The molecule has 0 aromatic heterocycles. The molecule has 0 unspecified atom stereocenters. The Morgan fingerprint density at radius 3 is 1.96 bits per heavy atom. The van der Waals surface area contributed by atoms with Gasteiger partial charge in [-0.1, -0.05) is 6.07 Å². The zero-order chi connectivity index (χ0) is 21.0. The monoisotopic (exact) mass is 440 g/mol. The Bertz CT molecular complexity index is 1020. The molecule has 0 saturated carbocycles. The summed E-state index contributed by atoms with van der Waals surface area (Å²) >= 11 is 0. The summed E-state index contributed by atoms with van der Waals surface area (Å²) in [4.78, 5) is 11.8. The highest BCUT2D eigenvalue weighted by atomic mass is 32.2. The summed E-state index contributed by atoms with van der Waals surface area (Å²) < 4.78 is 79.6. The third-order valence-electron chi connectivity index (χ3n) is 2.75. The predicted molar refractivity (Wildman–Crippen MR) is 96.8 cm³/mol. The SMILES string of the molecule is [B]NC(=O)[C@H](Cc1ccc(OS(C)(=O)=O)c(OS(C)(=O)=O)c1)NS(C)(=O)=O. The molecule has 2 radical (unpaired) electrons. The van der Waals surface area contributed by atoms with Gasteiger partial charge >= 0.3 is 20.2 Å². The lowest BCUT2D eigenvalue weighted by Crippen LogP contribution is -2.46. The summed E-state index contributed by atoms with van der Waals surface area (Å²) in [5.74, 6) is -1.70. The maximum atomic E-state index is 11.8. The molecule has 27 heavy (non-hydrogen) atoms. The Labute approximate surface area is 159 Å². The van der Waals surface area contributed by atoms with E-state index in [1.807, 2.05) is 0 Å². The third kappa shape index (κ3) is 9.08. The highest BCUT2D eigenvalue weighted by Gasteiger charge is 2.23. The molecule has 1 amide bonds. The fourth-order valence-electron chi connectivity index (χ4n) is 1.92. The summed E-state index contributed by atoms with van der Waals surface area (Å²) in [6.45, 7) is 0. The van der Waals surface area contributed by atoms with Gasteiger partial charge < -0.3 is 13.6 Å². The lowest BCUT2D eigenvalue weighted by molar-refractivity contribution is -0.121. The van der Waals surface area contributed by atoms with Crippen molar-refractivity contribution in [1.82, 2.24) is 9.95 Å². The highest BCUT2D eigenvalue weighted by Crippen LogP contribution is 2.31. The molecule has 0 spiro atoms. The normalized spacial score (nSPS) is 13.6. The Balaban J connectivity index is 3.30. The van der Waals surface area contributed by atoms with Crippen molar-refractivity contribution in [3.05, 3.63) is 23.8 Å². The smallest absolute Gasteiger partial charge is 0.306 e. The van der Waals surface area contributed by atoms with Crippen LogP contribution in [0.1, 0.15) is 5.56 Å². The highest BCUT2D eigenvalue weighted by molar-refractivity contribution is 7.88. The minimum atomic E-state index is -4.04. The van der Waals surface area contributed by atoms with Crippen LogP contribution in [0.4, 0.5) is 0 Å². The Morgan fingerprint density at radius 2 is 1.52 bits per heavy atom. The van der Waals surface area contributed by atoms with Crippen molar-refractivity contribution in [2.45, 2.75) is 12.5 Å². The van der Waals surface area contributed by atoms with Gasteiger partial charge in [0, 0.05) is 0 Å². The number of rotatable bonds is 9. The van der Waals surface area contributed by atoms with E-state index < -0.39 is 53.7 Å². The van der Waals surface area contributed by atoms with E-state index in [9.17, 15) is 30.0 Å². The van der Waals surface area contributed by atoms with E-state index >= 15 is 0 Å². The average molecular weight is 440 g/mol. The minimum Gasteiger partial charge on any atom is -0.408 e. The standard InChI is InChI=1S/C12H17BN2O9S3/c1-25(17,18)15-9(12(16)14-13)6-8-4-5-10(23-26(2,19)20)11(7-8)24-27(3,21)22/h4-5,7,9,15H,6H2,1-3H3,(H,14,16)/t9-/m0/s1. The molecule has 1 atom stereocenters. The van der Waals surface area contributed by atoms with Crippen molar-refractivity contribution in [2.75, 3.05) is 18.8 Å². The van der Waals surface area contributed by atoms with Gasteiger partial charge in [0.05, 0.1) is 18.8 Å². The van der Waals surface area contributed by atoms with Crippen LogP contribution in [0.15, 0.2) is 18.2 Å². The van der Waals surface area contributed by atoms with Gasteiger partial charge in [-0.25, -0.2) is 13.1 Å². The van der Waals surface area contributed by atoms with Crippen LogP contribution >= 0.6 is 0 Å². The first kappa shape index (κ1) is 23.2. The molecule has 0 heterocycles. The van der Waals surface area contributed by atoms with Crippen LogP contribution in [-0.4, -0.2) is 64.0 Å². The zero-order valence-electron chi connectivity index (χ0n) is 14.5. The van der Waals surface area contributed by atoms with Crippen LogP contribution in [-0.2, 0) is 41.5 Å². The van der Waals surface area contributed by atoms with Crippen LogP contribution in [0.3, 0.4) is 0 Å². The maximum Gasteiger partial charge on any atom is 0.306 e. The first-order valence-corrected chi connectivity index (χ1v) is 12.5. The fraction of sp³-hybridized carbons (Fsp3) is 0.417. The van der Waals surface area contributed by atoms with Gasteiger partial charge in [-0.2, -0.15) is 16.8 Å². The quantitative estimate of drug-likeness (QED) is 0.327. The van der Waals surface area contributed by atoms with Crippen LogP contribution in [0.25, 0.3) is 0 Å². The van der Waals surface area contributed by atoms with E-state index in [1.54, 1.807) is 5.23 Å². The predicted octanol–water partition coefficient (Wildman–Crippen LogP) is -1.98. The van der Waals surface area contributed by atoms with Crippen LogP contribution in [0.2, 0.25) is 0 Å². The van der Waals surface area contributed by atoms with Crippen molar-refractivity contribution in [2.24, 2.45) is 0 Å². The Morgan fingerprint density at radius 1 is 1.00 bits per heavy atom. The summed E-state index contributed by atoms with van der Waals surface area (Å²) in [6.07, 6.45) is 2.09. The molecule has 1 aromatic carbocycles. The van der Waals surface area contributed by atoms with Crippen LogP contribution in [0, 0.1) is 0 Å². The number of carbonyl (C=O) groups is 1. The van der Waals surface area contributed by atoms with Crippen molar-refractivity contribution < 1.29 is 38.4 Å². The molecule has 11 nitrogen and oxygen atoms in total. The molecule has 0 saturated heterocycles. The molecule has 1 aromatic rings. The van der Waals surface area contributed by atoms with Crippen molar-refractivity contribution >= 4 is 44.1 Å². The van der Waals surface area contributed by atoms with Gasteiger partial charge in [0.15, 0.2) is 11.5 Å². The number of nitrogens with one attached hydrogen (secondary N) is 2. The largest absolute Gasteiger partial charge is 0.408 e. The Kier molecular flexibility index (Phi) is 7.27. The van der Waals surface area contributed by atoms with Gasteiger partial charge in [0.25, 0.3) is 0 Å². The summed E-state index contributed by atoms with van der Waals surface area (Å²) in [5, 5.41) is 1.81. The molecular formula is C12H17BN2O9S3. The fourth-order valence-corrected chi connectivity index (χ4v) is 3.55. The van der Waals surface area contributed by atoms with E-state index in [1.165, 1.54) is 6.07 Å². The molecule has 0 fully saturated rings. The third-order valence-corrected chi connectivity index (χ3v) is 4.42. The van der Waals surface area contributed by atoms with E-state index in [0.717, 1.165) is 30.9 Å². The number of hydrogen-bond acceptors (Lipinski definition) is 9. The van der Waals surface area contributed by atoms with Crippen LogP contribution in [0.5, 0.6) is 11.5 Å². The molecule has 0 aliphatic rings. The van der Waals surface area contributed by atoms with Crippen molar-refractivity contribution in [1.29, 1.82) is 0 Å². The summed E-state index contributed by atoms with van der Waals surface area (Å²) in [7, 11) is -6.76. The summed E-state index contributed by atoms with van der Waals surface area (Å²) in [6, 6.07) is 2.20. The van der Waals surface area contributed by atoms with E-state index in [-0.39, 0.29) is 12.0 Å². The van der Waals surface area contributed by atoms with Gasteiger partial charge in [0.1, 0.15) is 6.04 Å². The van der Waals surface area contributed by atoms with Gasteiger partial charge in [0.2, 0.25) is 23.9 Å². The van der Waals surface area contributed by atoms with Gasteiger partial charge in [-0.3, -0.25) is 4.79 Å². The number of amides is 1. The number of hydrogen-bond donors (Lipinski definition) is 2. The molecule has 1 rings (SSSR count). The van der Waals surface area contributed by atoms with Crippen molar-refractivity contribution in [3.63, 3.8) is 0 Å². The second kappa shape index (κ2) is 8.45. The molecule has 2 N–H and O–H groups in total. The number of sulfonamides is 1.